The highest BCUT2D eigenvalue weighted by molar-refractivity contribution is 9.10. The second-order valence-corrected chi connectivity index (χ2v) is 7.16. The Labute approximate surface area is 156 Å². The molecular weight excluding hydrogens is 440 g/mol. The average Bonchev–Trinajstić information content (AvgIpc) is 2.53. The molecule has 3 rings (SSSR count). The highest BCUT2D eigenvalue weighted by Gasteiger charge is 2.27. The first-order valence-corrected chi connectivity index (χ1v) is 8.81. The fraction of sp³-hybridized carbons (Fsp3) is 0.176. The van der Waals surface area contributed by atoms with Gasteiger partial charge in [0.1, 0.15) is 12.3 Å². The molecule has 2 aromatic carbocycles. The molecule has 2 amide bonds. The summed E-state index contributed by atoms with van der Waals surface area (Å²) in [6.45, 7) is 1.80. The molecule has 7 heteroatoms. The van der Waals surface area contributed by atoms with Crippen molar-refractivity contribution >= 4 is 55.0 Å². The predicted molar refractivity (Wildman–Crippen MR) is 99.5 cm³/mol. The minimum Gasteiger partial charge on any atom is -0.482 e. The number of anilines is 2. The second-order valence-electron chi connectivity index (χ2n) is 5.39. The van der Waals surface area contributed by atoms with Gasteiger partial charge in [0.05, 0.1) is 5.69 Å². The summed E-state index contributed by atoms with van der Waals surface area (Å²) in [5.74, 6) is 0.0732. The third kappa shape index (κ3) is 3.62. The molecule has 0 aromatic heterocycles. The van der Waals surface area contributed by atoms with E-state index in [-0.39, 0.29) is 25.0 Å². The number of halogens is 2. The van der Waals surface area contributed by atoms with Crippen LogP contribution in [0.5, 0.6) is 5.75 Å². The molecule has 0 aliphatic carbocycles. The zero-order valence-electron chi connectivity index (χ0n) is 12.8. The normalized spacial score (nSPS) is 13.3. The van der Waals surface area contributed by atoms with Gasteiger partial charge in [-0.3, -0.25) is 14.5 Å². The van der Waals surface area contributed by atoms with Crippen LogP contribution in [-0.4, -0.2) is 25.0 Å². The number of nitrogens with one attached hydrogen (secondary N) is 1. The maximum atomic E-state index is 12.3. The highest BCUT2D eigenvalue weighted by atomic mass is 79.9. The molecule has 0 spiro atoms. The summed E-state index contributed by atoms with van der Waals surface area (Å²) < 4.78 is 7.24. The van der Waals surface area contributed by atoms with Gasteiger partial charge in [0.25, 0.3) is 5.91 Å². The maximum absolute atomic E-state index is 12.3. The summed E-state index contributed by atoms with van der Waals surface area (Å²) >= 11 is 6.79. The van der Waals surface area contributed by atoms with Crippen LogP contribution in [0.3, 0.4) is 0 Å². The van der Waals surface area contributed by atoms with Crippen molar-refractivity contribution in [3.05, 3.63) is 50.9 Å². The molecule has 24 heavy (non-hydrogen) atoms. The standard InChI is InChI=1S/C17H14Br2N2O3/c1-10-6-12(3-4-13(10)19)20-16(22)8-21-14-5-2-11(18)7-15(14)24-9-17(21)23/h2-7H,8-9H2,1H3,(H,20,22). The fourth-order valence-electron chi connectivity index (χ4n) is 2.42. The molecule has 1 aliphatic rings. The number of hydrogen-bond donors (Lipinski definition) is 1. The summed E-state index contributed by atoms with van der Waals surface area (Å²) in [5.41, 5.74) is 2.31. The lowest BCUT2D eigenvalue weighted by Crippen LogP contribution is -2.43. The van der Waals surface area contributed by atoms with E-state index in [1.165, 1.54) is 4.90 Å². The van der Waals surface area contributed by atoms with Gasteiger partial charge >= 0.3 is 0 Å². The first kappa shape index (κ1) is 17.0. The number of ether oxygens (including phenoxy) is 1. The summed E-state index contributed by atoms with van der Waals surface area (Å²) in [4.78, 5) is 25.9. The van der Waals surface area contributed by atoms with Crippen LogP contribution in [0.25, 0.3) is 0 Å². The van der Waals surface area contributed by atoms with E-state index >= 15 is 0 Å². The number of amides is 2. The number of benzene rings is 2. The number of hydrogen-bond acceptors (Lipinski definition) is 3. The molecule has 0 fully saturated rings. The molecule has 1 heterocycles. The summed E-state index contributed by atoms with van der Waals surface area (Å²) in [7, 11) is 0. The van der Waals surface area contributed by atoms with E-state index in [4.69, 9.17) is 4.74 Å². The monoisotopic (exact) mass is 452 g/mol. The Hall–Kier alpha value is -1.86. The molecule has 0 atom stereocenters. The average molecular weight is 454 g/mol. The van der Waals surface area contributed by atoms with Gasteiger partial charge in [0.2, 0.25) is 5.91 Å². The minimum absolute atomic E-state index is 0.0636. The topological polar surface area (TPSA) is 58.6 Å². The van der Waals surface area contributed by atoms with Crippen LogP contribution in [0.2, 0.25) is 0 Å². The van der Waals surface area contributed by atoms with Gasteiger partial charge in [-0.2, -0.15) is 0 Å². The Balaban J connectivity index is 1.76. The van der Waals surface area contributed by atoms with E-state index in [2.05, 4.69) is 37.2 Å². The van der Waals surface area contributed by atoms with E-state index in [1.54, 1.807) is 18.2 Å². The number of aryl methyl sites for hydroxylation is 1. The van der Waals surface area contributed by atoms with Crippen LogP contribution in [0.4, 0.5) is 11.4 Å². The molecule has 1 aliphatic heterocycles. The zero-order valence-corrected chi connectivity index (χ0v) is 16.0. The maximum Gasteiger partial charge on any atom is 0.265 e. The third-order valence-electron chi connectivity index (χ3n) is 3.61. The minimum atomic E-state index is -0.263. The summed E-state index contributed by atoms with van der Waals surface area (Å²) in [6, 6.07) is 10.9. The van der Waals surface area contributed by atoms with Crippen LogP contribution in [-0.2, 0) is 9.59 Å². The van der Waals surface area contributed by atoms with Gasteiger partial charge in [-0.25, -0.2) is 0 Å². The van der Waals surface area contributed by atoms with Gasteiger partial charge in [0.15, 0.2) is 6.61 Å². The smallest absolute Gasteiger partial charge is 0.265 e. The fourth-order valence-corrected chi connectivity index (χ4v) is 3.00. The summed E-state index contributed by atoms with van der Waals surface area (Å²) in [5, 5.41) is 2.82. The Bertz CT molecular complexity index is 823. The van der Waals surface area contributed by atoms with Crippen molar-refractivity contribution in [3.63, 3.8) is 0 Å². The van der Waals surface area contributed by atoms with Crippen molar-refractivity contribution in [1.82, 2.24) is 0 Å². The highest BCUT2D eigenvalue weighted by Crippen LogP contribution is 2.34. The SMILES string of the molecule is Cc1cc(NC(=O)CN2C(=O)COc3cc(Br)ccc32)ccc1Br. The van der Waals surface area contributed by atoms with Crippen molar-refractivity contribution in [1.29, 1.82) is 0 Å². The number of rotatable bonds is 3. The van der Waals surface area contributed by atoms with E-state index in [1.807, 2.05) is 25.1 Å². The lowest BCUT2D eigenvalue weighted by Gasteiger charge is -2.29. The Morgan fingerprint density at radius 3 is 2.79 bits per heavy atom. The quantitative estimate of drug-likeness (QED) is 0.766. The van der Waals surface area contributed by atoms with Crippen LogP contribution in [0, 0.1) is 6.92 Å². The predicted octanol–water partition coefficient (Wildman–Crippen LogP) is 3.88. The molecule has 0 saturated carbocycles. The van der Waals surface area contributed by atoms with Crippen LogP contribution >= 0.6 is 31.9 Å². The lowest BCUT2D eigenvalue weighted by atomic mass is 10.2. The van der Waals surface area contributed by atoms with Crippen LogP contribution in [0.15, 0.2) is 45.3 Å². The van der Waals surface area contributed by atoms with Gasteiger partial charge in [-0.05, 0) is 48.9 Å². The molecule has 0 radical (unpaired) electrons. The number of nitrogens with zero attached hydrogens (tertiary/aromatic N) is 1. The van der Waals surface area contributed by atoms with Crippen molar-refractivity contribution in [2.75, 3.05) is 23.4 Å². The van der Waals surface area contributed by atoms with Gasteiger partial charge < -0.3 is 10.1 Å². The number of carbonyl (C=O) groups is 2. The molecule has 0 bridgehead atoms. The molecule has 0 saturated heterocycles. The largest absolute Gasteiger partial charge is 0.482 e. The van der Waals surface area contributed by atoms with Crippen LogP contribution < -0.4 is 15.0 Å². The number of carbonyl (C=O) groups excluding carboxylic acids is 2. The van der Waals surface area contributed by atoms with Crippen molar-refractivity contribution < 1.29 is 14.3 Å². The van der Waals surface area contributed by atoms with E-state index < -0.39 is 0 Å². The van der Waals surface area contributed by atoms with Crippen molar-refractivity contribution in [3.8, 4) is 5.75 Å². The van der Waals surface area contributed by atoms with E-state index in [0.29, 0.717) is 17.1 Å². The molecule has 124 valence electrons. The first-order chi connectivity index (χ1) is 11.4. The zero-order chi connectivity index (χ0) is 17.3. The van der Waals surface area contributed by atoms with Crippen molar-refractivity contribution in [2.45, 2.75) is 6.92 Å². The van der Waals surface area contributed by atoms with Gasteiger partial charge in [-0.15, -0.1) is 0 Å². The van der Waals surface area contributed by atoms with E-state index in [0.717, 1.165) is 14.5 Å². The molecule has 1 N–H and O–H groups in total. The molecular formula is C17H14Br2N2O3. The first-order valence-electron chi connectivity index (χ1n) is 7.23. The molecule has 5 nitrogen and oxygen atoms in total. The Morgan fingerprint density at radius 1 is 1.25 bits per heavy atom. The second kappa shape index (κ2) is 6.94. The number of fused-ring (bicyclic) bond motifs is 1. The molecule has 2 aromatic rings. The third-order valence-corrected chi connectivity index (χ3v) is 4.99. The van der Waals surface area contributed by atoms with Gasteiger partial charge in [-0.1, -0.05) is 31.9 Å². The van der Waals surface area contributed by atoms with Crippen LogP contribution in [0.1, 0.15) is 5.56 Å². The summed E-state index contributed by atoms with van der Waals surface area (Å²) in [6.07, 6.45) is 0. The van der Waals surface area contributed by atoms with Crippen molar-refractivity contribution in [2.24, 2.45) is 0 Å². The Kier molecular flexibility index (Phi) is 4.91. The Morgan fingerprint density at radius 2 is 2.04 bits per heavy atom. The lowest BCUT2D eigenvalue weighted by molar-refractivity contribution is -0.123. The molecule has 0 unspecified atom stereocenters. The van der Waals surface area contributed by atoms with E-state index in [9.17, 15) is 9.59 Å². The van der Waals surface area contributed by atoms with Gasteiger partial charge in [0, 0.05) is 14.6 Å².